The Bertz CT molecular complexity index is 561. The van der Waals surface area contributed by atoms with Gasteiger partial charge in [0.05, 0.1) is 10.9 Å². The number of benzene rings is 1. The average Bonchev–Trinajstić information content (AvgIpc) is 2.42. The summed E-state index contributed by atoms with van der Waals surface area (Å²) in [5.74, 6) is 0.727. The molecule has 1 aromatic heterocycles. The van der Waals surface area contributed by atoms with E-state index in [1.165, 1.54) is 0 Å². The number of hydrogen-bond donors (Lipinski definition) is 0. The first kappa shape index (κ1) is 16.8. The van der Waals surface area contributed by atoms with Crippen LogP contribution < -0.4 is 5.56 Å². The normalized spacial score (nSPS) is 9.06. The first-order chi connectivity index (χ1) is 8.59. The van der Waals surface area contributed by atoms with Gasteiger partial charge in [-0.05, 0) is 25.1 Å². The zero-order valence-electron chi connectivity index (χ0n) is 11.9. The van der Waals surface area contributed by atoms with E-state index in [0.29, 0.717) is 5.39 Å². The fourth-order valence-corrected chi connectivity index (χ4v) is 1.72. The quantitative estimate of drug-likeness (QED) is 0.735. The molecule has 0 N–H and O–H groups in total. The van der Waals surface area contributed by atoms with Gasteiger partial charge in [0.1, 0.15) is 5.82 Å². The lowest BCUT2D eigenvalue weighted by molar-refractivity contribution is 0.792. The van der Waals surface area contributed by atoms with E-state index in [9.17, 15) is 4.79 Å². The first-order valence-corrected chi connectivity index (χ1v) is 7.02. The van der Waals surface area contributed by atoms with Gasteiger partial charge in [0.2, 0.25) is 0 Å². The van der Waals surface area contributed by atoms with E-state index in [0.717, 1.165) is 15.8 Å². The fourth-order valence-electron chi connectivity index (χ4n) is 1.35. The van der Waals surface area contributed by atoms with E-state index in [1.54, 1.807) is 17.7 Å². The second-order valence-corrected chi connectivity index (χ2v) is 4.10. The highest BCUT2D eigenvalue weighted by Crippen LogP contribution is 2.15. The van der Waals surface area contributed by atoms with E-state index >= 15 is 0 Å². The minimum Gasteiger partial charge on any atom is -0.299 e. The molecule has 0 fully saturated rings. The summed E-state index contributed by atoms with van der Waals surface area (Å²) in [6.45, 7) is 9.82. The molecule has 0 unspecified atom stereocenters. The van der Waals surface area contributed by atoms with Gasteiger partial charge in [0.25, 0.3) is 5.56 Å². The highest BCUT2D eigenvalue weighted by atomic mass is 79.9. The van der Waals surface area contributed by atoms with Crippen LogP contribution in [0.3, 0.4) is 0 Å². The summed E-state index contributed by atoms with van der Waals surface area (Å²) in [5.41, 5.74) is 0.739. The van der Waals surface area contributed by atoms with E-state index in [2.05, 4.69) is 20.9 Å². The van der Waals surface area contributed by atoms with Crippen LogP contribution in [0.25, 0.3) is 10.9 Å². The van der Waals surface area contributed by atoms with Gasteiger partial charge in [-0.15, -0.1) is 0 Å². The molecule has 0 spiro atoms. The van der Waals surface area contributed by atoms with Crippen molar-refractivity contribution in [3.63, 3.8) is 0 Å². The summed E-state index contributed by atoms with van der Waals surface area (Å²) in [4.78, 5) is 16.1. The molecule has 1 heterocycles. The maximum Gasteiger partial charge on any atom is 0.261 e. The molecule has 0 amide bonds. The number of nitrogens with zero attached hydrogens (tertiary/aromatic N) is 2. The Kier molecular flexibility index (Phi) is 7.51. The lowest BCUT2D eigenvalue weighted by atomic mass is 10.2. The number of aromatic nitrogens is 2. The standard InChI is InChI=1S/C10H9BrN2O.2C2H6/c1-6-12-9-4-3-7(11)5-8(9)10(14)13(6)2;2*1-2/h3-5H,1-2H3;2*1-2H3. The van der Waals surface area contributed by atoms with Gasteiger partial charge in [0.15, 0.2) is 0 Å². The highest BCUT2D eigenvalue weighted by molar-refractivity contribution is 9.10. The monoisotopic (exact) mass is 312 g/mol. The molecule has 2 rings (SSSR count). The first-order valence-electron chi connectivity index (χ1n) is 6.22. The Morgan fingerprint density at radius 2 is 1.72 bits per heavy atom. The van der Waals surface area contributed by atoms with Gasteiger partial charge < -0.3 is 0 Å². The van der Waals surface area contributed by atoms with Crippen molar-refractivity contribution in [3.05, 3.63) is 38.9 Å². The molecule has 100 valence electrons. The maximum atomic E-state index is 11.8. The summed E-state index contributed by atoms with van der Waals surface area (Å²) in [6.07, 6.45) is 0. The van der Waals surface area contributed by atoms with Crippen LogP contribution in [0.15, 0.2) is 27.5 Å². The van der Waals surface area contributed by atoms with Crippen LogP contribution >= 0.6 is 15.9 Å². The van der Waals surface area contributed by atoms with Crippen LogP contribution in [0.5, 0.6) is 0 Å². The topological polar surface area (TPSA) is 34.9 Å². The summed E-state index contributed by atoms with van der Waals surface area (Å²) in [5, 5.41) is 0.646. The number of halogens is 1. The van der Waals surface area contributed by atoms with Crippen LogP contribution in [0.2, 0.25) is 0 Å². The van der Waals surface area contributed by atoms with Gasteiger partial charge in [-0.25, -0.2) is 4.98 Å². The molecule has 3 nitrogen and oxygen atoms in total. The van der Waals surface area contributed by atoms with Crippen molar-refractivity contribution in [2.24, 2.45) is 7.05 Å². The van der Waals surface area contributed by atoms with Gasteiger partial charge in [-0.1, -0.05) is 43.6 Å². The number of rotatable bonds is 0. The van der Waals surface area contributed by atoms with Gasteiger partial charge in [0, 0.05) is 11.5 Å². The Hall–Kier alpha value is -1.16. The molecule has 0 aliphatic heterocycles. The van der Waals surface area contributed by atoms with Gasteiger partial charge >= 0.3 is 0 Å². The molecule has 1 aromatic carbocycles. The Balaban J connectivity index is 0.000000659. The van der Waals surface area contributed by atoms with Crippen molar-refractivity contribution in [2.75, 3.05) is 0 Å². The molecule has 4 heteroatoms. The predicted molar refractivity (Wildman–Crippen MR) is 82.1 cm³/mol. The van der Waals surface area contributed by atoms with Crippen molar-refractivity contribution in [3.8, 4) is 0 Å². The van der Waals surface area contributed by atoms with Crippen molar-refractivity contribution < 1.29 is 0 Å². The summed E-state index contributed by atoms with van der Waals surface area (Å²) in [6, 6.07) is 5.52. The van der Waals surface area contributed by atoms with Crippen molar-refractivity contribution in [2.45, 2.75) is 34.6 Å². The minimum absolute atomic E-state index is 0.00574. The highest BCUT2D eigenvalue weighted by Gasteiger charge is 2.04. The predicted octanol–water partition coefficient (Wildman–Crippen LogP) is 4.06. The van der Waals surface area contributed by atoms with Crippen molar-refractivity contribution in [1.29, 1.82) is 0 Å². The van der Waals surface area contributed by atoms with Crippen LogP contribution in [-0.4, -0.2) is 9.55 Å². The van der Waals surface area contributed by atoms with Crippen LogP contribution in [0, 0.1) is 6.92 Å². The molecular formula is C14H21BrN2O. The van der Waals surface area contributed by atoms with E-state index in [4.69, 9.17) is 0 Å². The van der Waals surface area contributed by atoms with Crippen molar-refractivity contribution in [1.82, 2.24) is 9.55 Å². The molecule has 0 bridgehead atoms. The summed E-state index contributed by atoms with van der Waals surface area (Å²) >= 11 is 3.33. The second kappa shape index (κ2) is 8.03. The van der Waals surface area contributed by atoms with E-state index < -0.39 is 0 Å². The zero-order valence-corrected chi connectivity index (χ0v) is 13.5. The zero-order chi connectivity index (χ0) is 14.3. The minimum atomic E-state index is -0.00574. The van der Waals surface area contributed by atoms with E-state index in [1.807, 2.05) is 46.8 Å². The smallest absolute Gasteiger partial charge is 0.261 e. The largest absolute Gasteiger partial charge is 0.299 e. The van der Waals surface area contributed by atoms with Gasteiger partial charge in [-0.2, -0.15) is 0 Å². The third-order valence-corrected chi connectivity index (χ3v) is 2.75. The second-order valence-electron chi connectivity index (χ2n) is 3.18. The molecule has 18 heavy (non-hydrogen) atoms. The lowest BCUT2D eigenvalue weighted by Crippen LogP contribution is -2.20. The SMILES string of the molecule is CC.CC.Cc1nc2ccc(Br)cc2c(=O)n1C. The third-order valence-electron chi connectivity index (χ3n) is 2.26. The lowest BCUT2D eigenvalue weighted by Gasteiger charge is -2.04. The molecule has 0 atom stereocenters. The van der Waals surface area contributed by atoms with Crippen molar-refractivity contribution >= 4 is 26.8 Å². The molecule has 0 saturated carbocycles. The van der Waals surface area contributed by atoms with Crippen LogP contribution in [0.4, 0.5) is 0 Å². The van der Waals surface area contributed by atoms with Crippen LogP contribution in [0.1, 0.15) is 33.5 Å². The Labute approximate surface area is 117 Å². The molecule has 0 aliphatic rings. The maximum absolute atomic E-state index is 11.8. The number of fused-ring (bicyclic) bond motifs is 1. The van der Waals surface area contributed by atoms with Crippen LogP contribution in [-0.2, 0) is 7.05 Å². The van der Waals surface area contributed by atoms with E-state index in [-0.39, 0.29) is 5.56 Å². The molecule has 0 radical (unpaired) electrons. The molecule has 0 aliphatic carbocycles. The number of hydrogen-bond acceptors (Lipinski definition) is 2. The Morgan fingerprint density at radius 3 is 2.28 bits per heavy atom. The average molecular weight is 313 g/mol. The Morgan fingerprint density at radius 1 is 1.17 bits per heavy atom. The van der Waals surface area contributed by atoms with Gasteiger partial charge in [-0.3, -0.25) is 9.36 Å². The molecule has 2 aromatic rings. The molecule has 0 saturated heterocycles. The third kappa shape index (κ3) is 3.67. The summed E-state index contributed by atoms with van der Waals surface area (Å²) in [7, 11) is 1.73. The fraction of sp³-hybridized carbons (Fsp3) is 0.429. The number of aryl methyl sites for hydroxylation is 1. The molecular weight excluding hydrogens is 292 g/mol. The summed E-state index contributed by atoms with van der Waals surface area (Å²) < 4.78 is 2.45.